The number of thiazole rings is 1. The summed E-state index contributed by atoms with van der Waals surface area (Å²) in [5, 5.41) is 0.668. The van der Waals surface area contributed by atoms with Crippen molar-refractivity contribution in [2.24, 2.45) is 0 Å². The summed E-state index contributed by atoms with van der Waals surface area (Å²) in [6, 6.07) is 12.8. The Hall–Kier alpha value is -2.30. The van der Waals surface area contributed by atoms with Gasteiger partial charge in [0.2, 0.25) is 0 Å². The number of ether oxygens (including phenoxy) is 1. The van der Waals surface area contributed by atoms with Crippen LogP contribution in [0, 0.1) is 15.6 Å². The zero-order valence-electron chi connectivity index (χ0n) is 20.4. The third kappa shape index (κ3) is 5.76. The average molecular weight is 549 g/mol. The standard InChI is InChI=1S/C19H14ClN3O2S3.C6H15N/c1-10-9-11(7-8-12(10)20)22-16-15(28-19(22)27)17(24)23(18(26)21-16)13-5-3-4-6-14(13)25-2;1-4-7(5-2)6-3/h3-9H,1-2H3,(H,21,26);4-6H2,1-3H3. The smallest absolute Gasteiger partial charge is 0.278 e. The number of hydrogen-bond acceptors (Lipinski definition) is 6. The number of benzene rings is 2. The van der Waals surface area contributed by atoms with Crippen molar-refractivity contribution in [2.45, 2.75) is 27.7 Å². The van der Waals surface area contributed by atoms with E-state index in [1.54, 1.807) is 19.2 Å². The Morgan fingerprint density at radius 2 is 1.71 bits per heavy atom. The number of aromatic amines is 1. The molecule has 0 unspecified atom stereocenters. The maximum Gasteiger partial charge on any atom is 0.278 e. The van der Waals surface area contributed by atoms with Crippen LogP contribution in [0.15, 0.2) is 47.3 Å². The molecule has 1 N–H and O–H groups in total. The number of nitrogens with one attached hydrogen (secondary N) is 1. The van der Waals surface area contributed by atoms with Crippen LogP contribution >= 0.6 is 47.4 Å². The van der Waals surface area contributed by atoms with E-state index in [0.29, 0.717) is 30.8 Å². The van der Waals surface area contributed by atoms with E-state index in [-0.39, 0.29) is 10.3 Å². The van der Waals surface area contributed by atoms with Gasteiger partial charge in [0, 0.05) is 10.7 Å². The van der Waals surface area contributed by atoms with Gasteiger partial charge in [-0.15, -0.1) is 0 Å². The summed E-state index contributed by atoms with van der Waals surface area (Å²) in [5.41, 5.74) is 2.63. The fourth-order valence-corrected chi connectivity index (χ4v) is 5.41. The fraction of sp³-hybridized carbons (Fsp3) is 0.320. The molecule has 0 radical (unpaired) electrons. The molecule has 0 saturated heterocycles. The summed E-state index contributed by atoms with van der Waals surface area (Å²) >= 11 is 18.4. The molecule has 4 rings (SSSR count). The maximum absolute atomic E-state index is 13.3. The first-order valence-electron chi connectivity index (χ1n) is 11.3. The summed E-state index contributed by atoms with van der Waals surface area (Å²) in [4.78, 5) is 18.8. The van der Waals surface area contributed by atoms with Crippen LogP contribution in [0.3, 0.4) is 0 Å². The van der Waals surface area contributed by atoms with E-state index in [1.807, 2.05) is 41.8 Å². The van der Waals surface area contributed by atoms with Gasteiger partial charge in [0.15, 0.2) is 8.73 Å². The molecule has 2 heterocycles. The second-order valence-electron chi connectivity index (χ2n) is 7.68. The predicted octanol–water partition coefficient (Wildman–Crippen LogP) is 6.95. The minimum atomic E-state index is -0.246. The van der Waals surface area contributed by atoms with Crippen molar-refractivity contribution < 1.29 is 4.74 Å². The lowest BCUT2D eigenvalue weighted by Gasteiger charge is -2.13. The molecule has 0 saturated carbocycles. The Labute approximate surface area is 224 Å². The Kier molecular flexibility index (Phi) is 9.43. The highest BCUT2D eigenvalue weighted by Crippen LogP contribution is 2.27. The molecule has 2 aromatic carbocycles. The number of para-hydroxylation sites is 2. The van der Waals surface area contributed by atoms with Gasteiger partial charge >= 0.3 is 0 Å². The quantitative estimate of drug-likeness (QED) is 0.264. The van der Waals surface area contributed by atoms with Gasteiger partial charge in [-0.2, -0.15) is 0 Å². The number of halogens is 1. The Morgan fingerprint density at radius 1 is 1.06 bits per heavy atom. The number of nitrogens with zero attached hydrogens (tertiary/aromatic N) is 3. The molecule has 6 nitrogen and oxygen atoms in total. The molecular weight excluding hydrogens is 520 g/mol. The van der Waals surface area contributed by atoms with Crippen LogP contribution in [0.2, 0.25) is 5.02 Å². The minimum absolute atomic E-state index is 0.246. The number of methoxy groups -OCH3 is 1. The van der Waals surface area contributed by atoms with E-state index in [0.717, 1.165) is 11.3 Å². The molecular formula is C25H29ClN4O2S3. The van der Waals surface area contributed by atoms with Gasteiger partial charge in [0.05, 0.1) is 12.8 Å². The second kappa shape index (κ2) is 12.1. The second-order valence-corrected chi connectivity index (χ2v) is 10.1. The molecule has 10 heteroatoms. The van der Waals surface area contributed by atoms with E-state index < -0.39 is 0 Å². The molecule has 2 aromatic heterocycles. The van der Waals surface area contributed by atoms with Crippen LogP contribution in [-0.4, -0.2) is 45.8 Å². The summed E-state index contributed by atoms with van der Waals surface area (Å²) in [5.74, 6) is 0.555. The van der Waals surface area contributed by atoms with E-state index in [4.69, 9.17) is 40.8 Å². The van der Waals surface area contributed by atoms with Crippen LogP contribution in [0.5, 0.6) is 5.75 Å². The highest BCUT2D eigenvalue weighted by molar-refractivity contribution is 7.73. The minimum Gasteiger partial charge on any atom is -0.495 e. The van der Waals surface area contributed by atoms with Gasteiger partial charge in [-0.05, 0) is 86.9 Å². The molecule has 0 aliphatic rings. The van der Waals surface area contributed by atoms with Crippen LogP contribution < -0.4 is 10.3 Å². The predicted molar refractivity (Wildman–Crippen MR) is 153 cm³/mol. The summed E-state index contributed by atoms with van der Waals surface area (Å²) in [6.45, 7) is 12.0. The maximum atomic E-state index is 13.3. The zero-order valence-corrected chi connectivity index (χ0v) is 23.6. The molecule has 0 bridgehead atoms. The lowest BCUT2D eigenvalue weighted by molar-refractivity contribution is 0.321. The van der Waals surface area contributed by atoms with Crippen LogP contribution in [-0.2, 0) is 0 Å². The van der Waals surface area contributed by atoms with Gasteiger partial charge in [0.1, 0.15) is 16.1 Å². The first kappa shape index (κ1) is 27.3. The highest BCUT2D eigenvalue weighted by Gasteiger charge is 2.17. The molecule has 0 spiro atoms. The zero-order chi connectivity index (χ0) is 25.7. The number of H-pyrrole nitrogens is 1. The Morgan fingerprint density at radius 3 is 2.29 bits per heavy atom. The first-order chi connectivity index (χ1) is 16.8. The Balaban J connectivity index is 0.000000429. The van der Waals surface area contributed by atoms with Crippen molar-refractivity contribution in [1.82, 2.24) is 19.0 Å². The van der Waals surface area contributed by atoms with Gasteiger partial charge in [-0.25, -0.2) is 4.57 Å². The van der Waals surface area contributed by atoms with Crippen LogP contribution in [0.1, 0.15) is 26.3 Å². The highest BCUT2D eigenvalue weighted by atomic mass is 35.5. The third-order valence-electron chi connectivity index (χ3n) is 5.70. The molecule has 0 atom stereocenters. The summed E-state index contributed by atoms with van der Waals surface area (Å²) < 4.78 is 9.91. The number of aromatic nitrogens is 3. The van der Waals surface area contributed by atoms with Crippen LogP contribution in [0.25, 0.3) is 21.7 Å². The monoisotopic (exact) mass is 548 g/mol. The van der Waals surface area contributed by atoms with Gasteiger partial charge < -0.3 is 14.6 Å². The topological polar surface area (TPSA) is 55.2 Å². The average Bonchev–Trinajstić information content (AvgIpc) is 3.18. The fourth-order valence-electron chi connectivity index (χ4n) is 3.69. The Bertz CT molecular complexity index is 1490. The molecule has 186 valence electrons. The molecule has 4 aromatic rings. The number of rotatable bonds is 6. The van der Waals surface area contributed by atoms with E-state index >= 15 is 0 Å². The summed E-state index contributed by atoms with van der Waals surface area (Å²) in [6.07, 6.45) is 0. The molecule has 0 amide bonds. The lowest BCUT2D eigenvalue weighted by atomic mass is 10.2. The molecule has 35 heavy (non-hydrogen) atoms. The first-order valence-corrected chi connectivity index (χ1v) is 13.3. The molecule has 0 aliphatic carbocycles. The van der Waals surface area contributed by atoms with Gasteiger partial charge in [-0.3, -0.25) is 9.36 Å². The van der Waals surface area contributed by atoms with Crippen molar-refractivity contribution in [3.05, 3.63) is 72.1 Å². The number of hydrogen-bond donors (Lipinski definition) is 1. The largest absolute Gasteiger partial charge is 0.495 e. The van der Waals surface area contributed by atoms with Crippen molar-refractivity contribution in [2.75, 3.05) is 26.7 Å². The van der Waals surface area contributed by atoms with E-state index in [9.17, 15) is 4.79 Å². The lowest BCUT2D eigenvalue weighted by Crippen LogP contribution is -2.21. The molecule has 0 aliphatic heterocycles. The van der Waals surface area contributed by atoms with Crippen LogP contribution in [0.4, 0.5) is 0 Å². The van der Waals surface area contributed by atoms with Gasteiger partial charge in [-0.1, -0.05) is 55.8 Å². The van der Waals surface area contributed by atoms with Crippen molar-refractivity contribution in [3.63, 3.8) is 0 Å². The molecule has 0 fully saturated rings. The number of fused-ring (bicyclic) bond motifs is 1. The van der Waals surface area contributed by atoms with E-state index in [1.165, 1.54) is 35.5 Å². The van der Waals surface area contributed by atoms with Crippen molar-refractivity contribution >= 4 is 57.7 Å². The van der Waals surface area contributed by atoms with Crippen molar-refractivity contribution in [1.29, 1.82) is 0 Å². The van der Waals surface area contributed by atoms with Crippen molar-refractivity contribution in [3.8, 4) is 17.1 Å². The third-order valence-corrected chi connectivity index (χ3v) is 7.77. The van der Waals surface area contributed by atoms with E-state index in [2.05, 4.69) is 30.7 Å². The SMILES string of the molecule is CCN(CC)CC.COc1ccccc1-n1c(=S)[nH]c2c(sc(=S)n2-c2ccc(Cl)c(C)c2)c1=O. The summed E-state index contributed by atoms with van der Waals surface area (Å²) in [7, 11) is 1.55. The normalized spacial score (nSPS) is 10.9. The number of aryl methyl sites for hydroxylation is 1. The van der Waals surface area contributed by atoms with Gasteiger partial charge in [0.25, 0.3) is 5.56 Å².